The van der Waals surface area contributed by atoms with Gasteiger partial charge in [0.15, 0.2) is 0 Å². The molecule has 0 spiro atoms. The third-order valence-corrected chi connectivity index (χ3v) is 3.60. The number of hydrogen-bond donors (Lipinski definition) is 0. The quantitative estimate of drug-likeness (QED) is 0.425. The molecule has 0 radical (unpaired) electrons. The second-order valence-corrected chi connectivity index (χ2v) is 6.22. The SMILES string of the molecule is CCC(C)C(C)OC(=O)CCCCCC(=O)OCC(C)C. The van der Waals surface area contributed by atoms with E-state index in [1.54, 1.807) is 0 Å². The van der Waals surface area contributed by atoms with Crippen LogP contribution in [0.3, 0.4) is 0 Å². The molecule has 0 aromatic carbocycles. The fourth-order valence-electron chi connectivity index (χ4n) is 1.76. The topological polar surface area (TPSA) is 52.6 Å². The Balaban J connectivity index is 3.58. The van der Waals surface area contributed by atoms with Gasteiger partial charge in [0, 0.05) is 12.8 Å². The Morgan fingerprint density at radius 1 is 0.905 bits per heavy atom. The Kier molecular flexibility index (Phi) is 11.0. The summed E-state index contributed by atoms with van der Waals surface area (Å²) >= 11 is 0. The van der Waals surface area contributed by atoms with Crippen LogP contribution in [-0.4, -0.2) is 24.6 Å². The molecule has 0 amide bonds. The smallest absolute Gasteiger partial charge is 0.306 e. The summed E-state index contributed by atoms with van der Waals surface area (Å²) in [5.41, 5.74) is 0. The molecule has 0 aromatic rings. The van der Waals surface area contributed by atoms with Gasteiger partial charge in [-0.25, -0.2) is 0 Å². The van der Waals surface area contributed by atoms with Crippen LogP contribution in [0.5, 0.6) is 0 Å². The minimum absolute atomic E-state index is 0.0199. The van der Waals surface area contributed by atoms with Crippen molar-refractivity contribution in [1.29, 1.82) is 0 Å². The summed E-state index contributed by atoms with van der Waals surface area (Å²) in [6.07, 6.45) is 4.24. The molecule has 0 saturated carbocycles. The largest absolute Gasteiger partial charge is 0.465 e. The highest BCUT2D eigenvalue weighted by atomic mass is 16.5. The van der Waals surface area contributed by atoms with E-state index in [2.05, 4.69) is 13.8 Å². The van der Waals surface area contributed by atoms with E-state index in [4.69, 9.17) is 9.47 Å². The number of ether oxygens (including phenoxy) is 2. The summed E-state index contributed by atoms with van der Waals surface area (Å²) in [6.45, 7) is 10.6. The van der Waals surface area contributed by atoms with Gasteiger partial charge in [0.2, 0.25) is 0 Å². The van der Waals surface area contributed by atoms with Gasteiger partial charge in [0.1, 0.15) is 6.10 Å². The lowest BCUT2D eigenvalue weighted by Gasteiger charge is -2.18. The van der Waals surface area contributed by atoms with Crippen molar-refractivity contribution in [2.75, 3.05) is 6.61 Å². The molecule has 0 aliphatic carbocycles. The predicted octanol–water partition coefficient (Wildman–Crippen LogP) is 4.11. The Morgan fingerprint density at radius 3 is 2.00 bits per heavy atom. The van der Waals surface area contributed by atoms with Gasteiger partial charge in [0.25, 0.3) is 0 Å². The number of hydrogen-bond acceptors (Lipinski definition) is 4. The van der Waals surface area contributed by atoms with Crippen molar-refractivity contribution in [2.24, 2.45) is 11.8 Å². The number of carbonyl (C=O) groups excluding carboxylic acids is 2. The normalized spacial score (nSPS) is 13.8. The van der Waals surface area contributed by atoms with E-state index in [9.17, 15) is 9.59 Å². The molecule has 0 aliphatic rings. The Morgan fingerprint density at radius 2 is 1.48 bits per heavy atom. The van der Waals surface area contributed by atoms with Crippen molar-refractivity contribution >= 4 is 11.9 Å². The third-order valence-electron chi connectivity index (χ3n) is 3.60. The molecule has 2 atom stereocenters. The zero-order chi connectivity index (χ0) is 16.3. The van der Waals surface area contributed by atoms with Crippen molar-refractivity contribution in [3.8, 4) is 0 Å². The first-order valence-corrected chi connectivity index (χ1v) is 8.21. The molecule has 4 nitrogen and oxygen atoms in total. The minimum atomic E-state index is -0.142. The molecule has 0 saturated heterocycles. The Labute approximate surface area is 129 Å². The maximum absolute atomic E-state index is 11.6. The fraction of sp³-hybridized carbons (Fsp3) is 0.882. The summed E-state index contributed by atoms with van der Waals surface area (Å²) < 4.78 is 10.5. The van der Waals surface area contributed by atoms with E-state index >= 15 is 0 Å². The van der Waals surface area contributed by atoms with E-state index in [0.29, 0.717) is 31.3 Å². The van der Waals surface area contributed by atoms with Crippen LogP contribution in [0.4, 0.5) is 0 Å². The van der Waals surface area contributed by atoms with Crippen LogP contribution >= 0.6 is 0 Å². The molecular weight excluding hydrogens is 268 g/mol. The second kappa shape index (κ2) is 11.6. The number of carbonyl (C=O) groups is 2. The predicted molar refractivity (Wildman–Crippen MR) is 83.9 cm³/mol. The zero-order valence-corrected chi connectivity index (χ0v) is 14.3. The van der Waals surface area contributed by atoms with Crippen molar-refractivity contribution < 1.29 is 19.1 Å². The van der Waals surface area contributed by atoms with E-state index < -0.39 is 0 Å². The average molecular weight is 300 g/mol. The summed E-state index contributed by atoms with van der Waals surface area (Å²) in [7, 11) is 0. The fourth-order valence-corrected chi connectivity index (χ4v) is 1.76. The number of unbranched alkanes of at least 4 members (excludes halogenated alkanes) is 2. The van der Waals surface area contributed by atoms with E-state index in [1.807, 2.05) is 20.8 Å². The van der Waals surface area contributed by atoms with Crippen LogP contribution < -0.4 is 0 Å². The highest BCUT2D eigenvalue weighted by Gasteiger charge is 2.14. The molecule has 0 N–H and O–H groups in total. The molecule has 4 heteroatoms. The van der Waals surface area contributed by atoms with E-state index in [-0.39, 0.29) is 18.0 Å². The molecule has 124 valence electrons. The van der Waals surface area contributed by atoms with Gasteiger partial charge in [-0.3, -0.25) is 9.59 Å². The summed E-state index contributed by atoms with van der Waals surface area (Å²) in [5.74, 6) is 0.489. The molecule has 0 aromatic heterocycles. The molecule has 0 fully saturated rings. The van der Waals surface area contributed by atoms with E-state index in [0.717, 1.165) is 25.7 Å². The van der Waals surface area contributed by atoms with Crippen LogP contribution in [0.1, 0.15) is 73.1 Å². The third kappa shape index (κ3) is 11.3. The highest BCUT2D eigenvalue weighted by molar-refractivity contribution is 5.70. The molecule has 0 aliphatic heterocycles. The zero-order valence-electron chi connectivity index (χ0n) is 14.3. The van der Waals surface area contributed by atoms with Crippen molar-refractivity contribution in [2.45, 2.75) is 79.2 Å². The monoisotopic (exact) mass is 300 g/mol. The van der Waals surface area contributed by atoms with Gasteiger partial charge >= 0.3 is 11.9 Å². The number of rotatable bonds is 11. The molecule has 21 heavy (non-hydrogen) atoms. The lowest BCUT2D eigenvalue weighted by atomic mass is 10.0. The molecule has 2 unspecified atom stereocenters. The lowest BCUT2D eigenvalue weighted by Crippen LogP contribution is -2.21. The maximum Gasteiger partial charge on any atom is 0.306 e. The summed E-state index contributed by atoms with van der Waals surface area (Å²) in [6, 6.07) is 0. The van der Waals surface area contributed by atoms with Gasteiger partial charge in [-0.2, -0.15) is 0 Å². The Hall–Kier alpha value is -1.06. The van der Waals surface area contributed by atoms with Crippen molar-refractivity contribution in [3.63, 3.8) is 0 Å². The summed E-state index contributed by atoms with van der Waals surface area (Å²) in [5, 5.41) is 0. The second-order valence-electron chi connectivity index (χ2n) is 6.22. The summed E-state index contributed by atoms with van der Waals surface area (Å²) in [4.78, 5) is 23.0. The van der Waals surface area contributed by atoms with Gasteiger partial charge < -0.3 is 9.47 Å². The first-order chi connectivity index (χ1) is 9.86. The minimum Gasteiger partial charge on any atom is -0.465 e. The molecule has 0 rings (SSSR count). The number of esters is 2. The van der Waals surface area contributed by atoms with Gasteiger partial charge in [0.05, 0.1) is 6.61 Å². The van der Waals surface area contributed by atoms with Crippen LogP contribution in [0.2, 0.25) is 0 Å². The van der Waals surface area contributed by atoms with Crippen LogP contribution in [-0.2, 0) is 19.1 Å². The Bertz CT molecular complexity index is 299. The molecule has 0 heterocycles. The highest BCUT2D eigenvalue weighted by Crippen LogP contribution is 2.13. The average Bonchev–Trinajstić information content (AvgIpc) is 2.43. The first kappa shape index (κ1) is 19.9. The molecular formula is C17H32O4. The maximum atomic E-state index is 11.6. The van der Waals surface area contributed by atoms with Crippen molar-refractivity contribution in [3.05, 3.63) is 0 Å². The standard InChI is InChI=1S/C17H32O4/c1-6-14(4)15(5)21-17(19)11-9-7-8-10-16(18)20-12-13(2)3/h13-15H,6-12H2,1-5H3. The van der Waals surface area contributed by atoms with Gasteiger partial charge in [-0.05, 0) is 31.6 Å². The van der Waals surface area contributed by atoms with E-state index in [1.165, 1.54) is 0 Å². The van der Waals surface area contributed by atoms with Crippen LogP contribution in [0.15, 0.2) is 0 Å². The van der Waals surface area contributed by atoms with Crippen molar-refractivity contribution in [1.82, 2.24) is 0 Å². The van der Waals surface area contributed by atoms with Gasteiger partial charge in [-0.1, -0.05) is 40.5 Å². The first-order valence-electron chi connectivity index (χ1n) is 8.21. The van der Waals surface area contributed by atoms with Crippen LogP contribution in [0.25, 0.3) is 0 Å². The molecule has 0 bridgehead atoms. The van der Waals surface area contributed by atoms with Crippen LogP contribution in [0, 0.1) is 11.8 Å². The van der Waals surface area contributed by atoms with Gasteiger partial charge in [-0.15, -0.1) is 0 Å². The lowest BCUT2D eigenvalue weighted by molar-refractivity contribution is -0.150.